The Bertz CT molecular complexity index is 402. The number of ether oxygens (including phenoxy) is 1. The van der Waals surface area contributed by atoms with Crippen LogP contribution in [0.5, 0.6) is 0 Å². The van der Waals surface area contributed by atoms with Gasteiger partial charge < -0.3 is 10.1 Å². The van der Waals surface area contributed by atoms with Gasteiger partial charge in [-0.15, -0.1) is 0 Å². The Labute approximate surface area is 115 Å². The zero-order valence-electron chi connectivity index (χ0n) is 11.9. The van der Waals surface area contributed by atoms with Crippen molar-refractivity contribution in [1.82, 2.24) is 5.32 Å². The fourth-order valence-corrected chi connectivity index (χ4v) is 2.75. The van der Waals surface area contributed by atoms with Gasteiger partial charge in [0.05, 0.1) is 6.10 Å². The molecule has 0 bridgehead atoms. The second-order valence-corrected chi connectivity index (χ2v) is 5.42. The van der Waals surface area contributed by atoms with Crippen LogP contribution < -0.4 is 5.32 Å². The van der Waals surface area contributed by atoms with Gasteiger partial charge in [0.1, 0.15) is 5.82 Å². The minimum atomic E-state index is -0.130. The molecule has 1 saturated heterocycles. The monoisotopic (exact) mass is 265 g/mol. The normalized spacial score (nSPS) is 21.3. The molecule has 3 heteroatoms. The maximum absolute atomic E-state index is 13.3. The number of hydrogen-bond donors (Lipinski definition) is 1. The molecule has 1 aromatic carbocycles. The van der Waals surface area contributed by atoms with E-state index in [1.165, 1.54) is 19.3 Å². The summed E-state index contributed by atoms with van der Waals surface area (Å²) in [5.41, 5.74) is 1.88. The summed E-state index contributed by atoms with van der Waals surface area (Å²) in [6.07, 6.45) is 6.17. The Morgan fingerprint density at radius 2 is 2.26 bits per heavy atom. The molecule has 0 amide bonds. The number of nitrogens with one attached hydrogen (secondary N) is 1. The highest BCUT2D eigenvalue weighted by Gasteiger charge is 2.17. The van der Waals surface area contributed by atoms with E-state index in [0.29, 0.717) is 11.7 Å². The molecule has 0 aromatic heterocycles. The summed E-state index contributed by atoms with van der Waals surface area (Å²) in [5, 5.41) is 3.33. The molecule has 2 rings (SSSR count). The second-order valence-electron chi connectivity index (χ2n) is 5.42. The van der Waals surface area contributed by atoms with Gasteiger partial charge in [-0.2, -0.15) is 0 Å². The molecule has 1 heterocycles. The average molecular weight is 265 g/mol. The average Bonchev–Trinajstić information content (AvgIpc) is 2.44. The van der Waals surface area contributed by atoms with Crippen molar-refractivity contribution < 1.29 is 9.13 Å². The molecule has 1 aliphatic heterocycles. The molecule has 19 heavy (non-hydrogen) atoms. The lowest BCUT2D eigenvalue weighted by Gasteiger charge is -2.25. The van der Waals surface area contributed by atoms with Crippen molar-refractivity contribution >= 4 is 0 Å². The van der Waals surface area contributed by atoms with Crippen LogP contribution in [0.4, 0.5) is 4.39 Å². The van der Waals surface area contributed by atoms with Crippen LogP contribution >= 0.6 is 0 Å². The van der Waals surface area contributed by atoms with E-state index in [2.05, 4.69) is 5.32 Å². The Morgan fingerprint density at radius 3 is 2.89 bits per heavy atom. The van der Waals surface area contributed by atoms with E-state index < -0.39 is 0 Å². The highest BCUT2D eigenvalue weighted by Crippen LogP contribution is 2.24. The fourth-order valence-electron chi connectivity index (χ4n) is 2.75. The van der Waals surface area contributed by atoms with Crippen LogP contribution in [-0.2, 0) is 4.74 Å². The van der Waals surface area contributed by atoms with Gasteiger partial charge in [0.25, 0.3) is 0 Å². The fraction of sp³-hybridized carbons (Fsp3) is 0.625. The van der Waals surface area contributed by atoms with Gasteiger partial charge in [-0.05, 0) is 63.3 Å². The summed E-state index contributed by atoms with van der Waals surface area (Å²) in [7, 11) is 1.96. The van der Waals surface area contributed by atoms with Gasteiger partial charge in [0.2, 0.25) is 0 Å². The molecule has 1 fully saturated rings. The topological polar surface area (TPSA) is 21.3 Å². The first-order chi connectivity index (χ1) is 9.20. The van der Waals surface area contributed by atoms with E-state index in [1.54, 1.807) is 6.07 Å². The Morgan fingerprint density at radius 1 is 1.42 bits per heavy atom. The van der Waals surface area contributed by atoms with Crippen molar-refractivity contribution in [2.45, 2.75) is 51.2 Å². The van der Waals surface area contributed by atoms with Crippen LogP contribution in [0.15, 0.2) is 18.2 Å². The lowest BCUT2D eigenvalue weighted by molar-refractivity contribution is 0.00866. The maximum Gasteiger partial charge on any atom is 0.126 e. The predicted octanol–water partition coefficient (Wildman–Crippen LogP) is 3.74. The molecule has 0 saturated carbocycles. The Balaban J connectivity index is 1.93. The van der Waals surface area contributed by atoms with Crippen molar-refractivity contribution in [1.29, 1.82) is 0 Å². The number of hydrogen-bond acceptors (Lipinski definition) is 2. The maximum atomic E-state index is 13.3. The van der Waals surface area contributed by atoms with E-state index in [1.807, 2.05) is 26.1 Å². The first kappa shape index (κ1) is 14.5. The molecule has 0 spiro atoms. The molecular formula is C16H24FNO. The van der Waals surface area contributed by atoms with Gasteiger partial charge in [-0.3, -0.25) is 0 Å². The number of benzene rings is 1. The van der Waals surface area contributed by atoms with E-state index in [0.717, 1.165) is 25.0 Å². The molecule has 2 unspecified atom stereocenters. The zero-order valence-corrected chi connectivity index (χ0v) is 11.9. The van der Waals surface area contributed by atoms with E-state index in [4.69, 9.17) is 4.74 Å². The summed E-state index contributed by atoms with van der Waals surface area (Å²) >= 11 is 0. The minimum absolute atomic E-state index is 0.130. The van der Waals surface area contributed by atoms with Crippen molar-refractivity contribution in [2.24, 2.45) is 0 Å². The van der Waals surface area contributed by atoms with Crippen LogP contribution in [0.3, 0.4) is 0 Å². The van der Waals surface area contributed by atoms with Crippen LogP contribution in [0.25, 0.3) is 0 Å². The molecule has 1 aliphatic rings. The number of aryl methyl sites for hydroxylation is 1. The minimum Gasteiger partial charge on any atom is -0.378 e. The molecule has 1 N–H and O–H groups in total. The number of halogens is 1. The highest BCUT2D eigenvalue weighted by molar-refractivity contribution is 5.26. The molecule has 0 radical (unpaired) electrons. The van der Waals surface area contributed by atoms with E-state index >= 15 is 0 Å². The quantitative estimate of drug-likeness (QED) is 0.875. The smallest absolute Gasteiger partial charge is 0.126 e. The van der Waals surface area contributed by atoms with Crippen molar-refractivity contribution in [3.05, 3.63) is 35.1 Å². The predicted molar refractivity (Wildman–Crippen MR) is 75.8 cm³/mol. The standard InChI is InChI=1S/C16H24FNO/c1-12-11-13(6-8-15(12)17)16(18-2)9-7-14-5-3-4-10-19-14/h6,8,11,14,16,18H,3-5,7,9-10H2,1-2H3. The molecule has 106 valence electrons. The van der Waals surface area contributed by atoms with Crippen LogP contribution in [0.1, 0.15) is 49.3 Å². The van der Waals surface area contributed by atoms with Gasteiger partial charge in [0.15, 0.2) is 0 Å². The SMILES string of the molecule is CNC(CCC1CCCCO1)c1ccc(F)c(C)c1. The van der Waals surface area contributed by atoms with Gasteiger partial charge in [-0.25, -0.2) is 4.39 Å². The first-order valence-corrected chi connectivity index (χ1v) is 7.25. The summed E-state index contributed by atoms with van der Waals surface area (Å²) in [5.74, 6) is -0.130. The molecular weight excluding hydrogens is 241 g/mol. The molecule has 2 nitrogen and oxygen atoms in total. The number of rotatable bonds is 5. The summed E-state index contributed by atoms with van der Waals surface area (Å²) in [6, 6.07) is 5.67. The lowest BCUT2D eigenvalue weighted by Crippen LogP contribution is -2.23. The largest absolute Gasteiger partial charge is 0.378 e. The van der Waals surface area contributed by atoms with E-state index in [9.17, 15) is 4.39 Å². The summed E-state index contributed by atoms with van der Waals surface area (Å²) in [4.78, 5) is 0. The zero-order chi connectivity index (χ0) is 13.7. The van der Waals surface area contributed by atoms with Crippen LogP contribution in [0, 0.1) is 12.7 Å². The van der Waals surface area contributed by atoms with Gasteiger partial charge in [0, 0.05) is 12.6 Å². The lowest BCUT2D eigenvalue weighted by atomic mass is 9.96. The second kappa shape index (κ2) is 7.01. The third kappa shape index (κ3) is 4.02. The first-order valence-electron chi connectivity index (χ1n) is 7.25. The third-order valence-electron chi connectivity index (χ3n) is 3.98. The highest BCUT2D eigenvalue weighted by atomic mass is 19.1. The van der Waals surface area contributed by atoms with Crippen molar-refractivity contribution in [3.63, 3.8) is 0 Å². The van der Waals surface area contributed by atoms with Crippen LogP contribution in [0.2, 0.25) is 0 Å². The van der Waals surface area contributed by atoms with E-state index in [-0.39, 0.29) is 11.9 Å². The van der Waals surface area contributed by atoms with Crippen molar-refractivity contribution in [2.75, 3.05) is 13.7 Å². The molecule has 2 atom stereocenters. The van der Waals surface area contributed by atoms with Crippen LogP contribution in [-0.4, -0.2) is 19.8 Å². The molecule has 1 aromatic rings. The Kier molecular flexibility index (Phi) is 5.34. The van der Waals surface area contributed by atoms with Crippen molar-refractivity contribution in [3.8, 4) is 0 Å². The van der Waals surface area contributed by atoms with Gasteiger partial charge >= 0.3 is 0 Å². The Hall–Kier alpha value is -0.930. The van der Waals surface area contributed by atoms with Gasteiger partial charge in [-0.1, -0.05) is 12.1 Å². The third-order valence-corrected chi connectivity index (χ3v) is 3.98. The molecule has 0 aliphatic carbocycles. The summed E-state index contributed by atoms with van der Waals surface area (Å²) < 4.78 is 19.1. The summed E-state index contributed by atoms with van der Waals surface area (Å²) in [6.45, 7) is 2.72.